The first-order chi connectivity index (χ1) is 11.1. The minimum Gasteiger partial charge on any atom is -0.507 e. The van der Waals surface area contributed by atoms with E-state index in [1.165, 1.54) is 17.0 Å². The molecule has 0 aliphatic carbocycles. The molecule has 0 saturated carbocycles. The standard InChI is InChI=1S/C19H22O3S/c1-3-4-5-12-22-15-7-10-18(20)17(13-15)19(21)11-9-16-8-6-14(2)23-16/h6-11,13,20H,3-5,12H2,1-2H3/b11-9+. The monoisotopic (exact) mass is 330 g/mol. The maximum absolute atomic E-state index is 12.3. The van der Waals surface area contributed by atoms with Crippen molar-refractivity contribution in [3.63, 3.8) is 0 Å². The number of unbranched alkanes of at least 4 members (excludes halogenated alkanes) is 2. The van der Waals surface area contributed by atoms with Crippen LogP contribution in [0.15, 0.2) is 36.4 Å². The van der Waals surface area contributed by atoms with E-state index in [1.54, 1.807) is 29.5 Å². The quantitative estimate of drug-likeness (QED) is 0.410. The third-order valence-electron chi connectivity index (χ3n) is 3.41. The highest BCUT2D eigenvalue weighted by atomic mass is 32.1. The highest BCUT2D eigenvalue weighted by Crippen LogP contribution is 2.25. The number of hydrogen-bond acceptors (Lipinski definition) is 4. The van der Waals surface area contributed by atoms with Gasteiger partial charge in [0.1, 0.15) is 11.5 Å². The lowest BCUT2D eigenvalue weighted by atomic mass is 10.1. The van der Waals surface area contributed by atoms with Crippen molar-refractivity contribution < 1.29 is 14.6 Å². The fourth-order valence-electron chi connectivity index (χ4n) is 2.13. The second kappa shape index (κ2) is 8.53. The number of hydrogen-bond donors (Lipinski definition) is 1. The van der Waals surface area contributed by atoms with Gasteiger partial charge in [-0.2, -0.15) is 0 Å². The summed E-state index contributed by atoms with van der Waals surface area (Å²) < 4.78 is 5.63. The van der Waals surface area contributed by atoms with Crippen LogP contribution in [0, 0.1) is 6.92 Å². The van der Waals surface area contributed by atoms with Crippen LogP contribution in [0.25, 0.3) is 6.08 Å². The van der Waals surface area contributed by atoms with Crippen LogP contribution in [0.2, 0.25) is 0 Å². The molecule has 0 atom stereocenters. The fourth-order valence-corrected chi connectivity index (χ4v) is 2.92. The number of phenols is 1. The van der Waals surface area contributed by atoms with Gasteiger partial charge in [-0.3, -0.25) is 4.79 Å². The molecule has 1 aromatic heterocycles. The molecule has 0 bridgehead atoms. The van der Waals surface area contributed by atoms with Gasteiger partial charge in [-0.15, -0.1) is 11.3 Å². The SMILES string of the molecule is CCCCCOc1ccc(O)c(C(=O)/C=C/c2ccc(C)s2)c1. The van der Waals surface area contributed by atoms with Crippen molar-refractivity contribution in [3.8, 4) is 11.5 Å². The first-order valence-electron chi connectivity index (χ1n) is 7.85. The molecule has 0 aliphatic rings. The van der Waals surface area contributed by atoms with Gasteiger partial charge in [0.05, 0.1) is 12.2 Å². The summed E-state index contributed by atoms with van der Waals surface area (Å²) in [5.41, 5.74) is 0.266. The summed E-state index contributed by atoms with van der Waals surface area (Å²) in [7, 11) is 0. The number of aryl methyl sites for hydroxylation is 1. The third-order valence-corrected chi connectivity index (χ3v) is 4.38. The summed E-state index contributed by atoms with van der Waals surface area (Å²) in [5.74, 6) is 0.359. The van der Waals surface area contributed by atoms with E-state index in [9.17, 15) is 9.90 Å². The Hall–Kier alpha value is -2.07. The van der Waals surface area contributed by atoms with Crippen LogP contribution in [0.4, 0.5) is 0 Å². The average Bonchev–Trinajstić information content (AvgIpc) is 2.96. The Morgan fingerprint density at radius 3 is 2.78 bits per heavy atom. The van der Waals surface area contributed by atoms with Crippen molar-refractivity contribution in [1.29, 1.82) is 0 Å². The van der Waals surface area contributed by atoms with Crippen molar-refractivity contribution in [2.45, 2.75) is 33.1 Å². The van der Waals surface area contributed by atoms with Crippen LogP contribution in [0.1, 0.15) is 46.3 Å². The zero-order chi connectivity index (χ0) is 16.7. The molecular formula is C19H22O3S. The van der Waals surface area contributed by atoms with Crippen LogP contribution >= 0.6 is 11.3 Å². The number of ketones is 1. The fraction of sp³-hybridized carbons (Fsp3) is 0.316. The van der Waals surface area contributed by atoms with E-state index < -0.39 is 0 Å². The van der Waals surface area contributed by atoms with Gasteiger partial charge in [-0.1, -0.05) is 19.8 Å². The first kappa shape index (κ1) is 17.3. The van der Waals surface area contributed by atoms with Gasteiger partial charge in [0, 0.05) is 9.75 Å². The van der Waals surface area contributed by atoms with Crippen molar-refractivity contribution in [3.05, 3.63) is 51.7 Å². The molecule has 0 saturated heterocycles. The van der Waals surface area contributed by atoms with E-state index >= 15 is 0 Å². The van der Waals surface area contributed by atoms with Gasteiger partial charge in [0.15, 0.2) is 5.78 Å². The largest absolute Gasteiger partial charge is 0.507 e. The lowest BCUT2D eigenvalue weighted by Crippen LogP contribution is -2.00. The summed E-state index contributed by atoms with van der Waals surface area (Å²) in [4.78, 5) is 14.5. The van der Waals surface area contributed by atoms with E-state index in [-0.39, 0.29) is 17.1 Å². The van der Waals surface area contributed by atoms with Crippen LogP contribution in [-0.4, -0.2) is 17.5 Å². The molecule has 0 spiro atoms. The zero-order valence-electron chi connectivity index (χ0n) is 13.5. The maximum Gasteiger partial charge on any atom is 0.189 e. The molecule has 0 aliphatic heterocycles. The Kier molecular flexibility index (Phi) is 6.41. The normalized spacial score (nSPS) is 11.0. The molecular weight excluding hydrogens is 308 g/mol. The van der Waals surface area contributed by atoms with Crippen molar-refractivity contribution in [1.82, 2.24) is 0 Å². The van der Waals surface area contributed by atoms with Crippen molar-refractivity contribution in [2.75, 3.05) is 6.61 Å². The molecule has 1 N–H and O–H groups in total. The van der Waals surface area contributed by atoms with E-state index in [0.717, 1.165) is 24.1 Å². The molecule has 1 aromatic carbocycles. The summed E-state index contributed by atoms with van der Waals surface area (Å²) >= 11 is 1.62. The van der Waals surface area contributed by atoms with Crippen molar-refractivity contribution in [2.24, 2.45) is 0 Å². The topological polar surface area (TPSA) is 46.5 Å². The minimum atomic E-state index is -0.229. The van der Waals surface area contributed by atoms with E-state index in [4.69, 9.17) is 4.74 Å². The second-order valence-electron chi connectivity index (χ2n) is 5.38. The van der Waals surface area contributed by atoms with E-state index in [0.29, 0.717) is 12.4 Å². The Bertz CT molecular complexity index is 686. The number of aromatic hydroxyl groups is 1. The van der Waals surface area contributed by atoms with Crippen LogP contribution in [0.3, 0.4) is 0 Å². The molecule has 23 heavy (non-hydrogen) atoms. The summed E-state index contributed by atoms with van der Waals surface area (Å²) in [6, 6.07) is 8.78. The molecule has 0 fully saturated rings. The highest BCUT2D eigenvalue weighted by molar-refractivity contribution is 7.12. The Labute approximate surface area is 141 Å². The van der Waals surface area contributed by atoms with Gasteiger partial charge in [0.25, 0.3) is 0 Å². The molecule has 1 heterocycles. The Morgan fingerprint density at radius 1 is 1.26 bits per heavy atom. The summed E-state index contributed by atoms with van der Waals surface area (Å²) in [6.07, 6.45) is 6.50. The summed E-state index contributed by atoms with van der Waals surface area (Å²) in [5, 5.41) is 9.91. The molecule has 0 unspecified atom stereocenters. The zero-order valence-corrected chi connectivity index (χ0v) is 14.4. The number of thiophene rings is 1. The highest BCUT2D eigenvalue weighted by Gasteiger charge is 2.10. The molecule has 0 amide bonds. The maximum atomic E-state index is 12.3. The summed E-state index contributed by atoms with van der Waals surface area (Å²) in [6.45, 7) is 4.78. The number of benzene rings is 1. The molecule has 0 radical (unpaired) electrons. The first-order valence-corrected chi connectivity index (χ1v) is 8.66. The number of phenolic OH excluding ortho intramolecular Hbond substituents is 1. The average molecular weight is 330 g/mol. The number of rotatable bonds is 8. The lowest BCUT2D eigenvalue weighted by molar-refractivity contribution is 0.104. The van der Waals surface area contributed by atoms with Gasteiger partial charge in [0.2, 0.25) is 0 Å². The Morgan fingerprint density at radius 2 is 2.09 bits per heavy atom. The van der Waals surface area contributed by atoms with Gasteiger partial charge >= 0.3 is 0 Å². The van der Waals surface area contributed by atoms with E-state index in [2.05, 4.69) is 6.92 Å². The number of allylic oxidation sites excluding steroid dienone is 1. The molecule has 2 rings (SSSR count). The number of carbonyl (C=O) groups excluding carboxylic acids is 1. The number of carbonyl (C=O) groups is 1. The van der Waals surface area contributed by atoms with Crippen LogP contribution in [-0.2, 0) is 0 Å². The van der Waals surface area contributed by atoms with Crippen LogP contribution < -0.4 is 4.74 Å². The Balaban J connectivity index is 2.05. The minimum absolute atomic E-state index is 0.0251. The molecule has 2 aromatic rings. The van der Waals surface area contributed by atoms with Gasteiger partial charge in [-0.25, -0.2) is 0 Å². The molecule has 4 heteroatoms. The lowest BCUT2D eigenvalue weighted by Gasteiger charge is -2.08. The third kappa shape index (κ3) is 5.25. The van der Waals surface area contributed by atoms with Gasteiger partial charge < -0.3 is 9.84 Å². The molecule has 3 nitrogen and oxygen atoms in total. The predicted octanol–water partition coefficient (Wildman–Crippen LogP) is 5.23. The number of ether oxygens (including phenoxy) is 1. The second-order valence-corrected chi connectivity index (χ2v) is 6.70. The molecule has 122 valence electrons. The van der Waals surface area contributed by atoms with Gasteiger partial charge in [-0.05, 0) is 55.8 Å². The van der Waals surface area contributed by atoms with Crippen molar-refractivity contribution >= 4 is 23.2 Å². The smallest absolute Gasteiger partial charge is 0.189 e. The van der Waals surface area contributed by atoms with Crippen LogP contribution in [0.5, 0.6) is 11.5 Å². The predicted molar refractivity (Wildman–Crippen MR) is 95.5 cm³/mol. The van der Waals surface area contributed by atoms with E-state index in [1.807, 2.05) is 19.1 Å².